The topological polar surface area (TPSA) is 18.5 Å². The third kappa shape index (κ3) is 3.72. The highest BCUT2D eigenvalue weighted by molar-refractivity contribution is 6.35. The van der Waals surface area contributed by atoms with Crippen molar-refractivity contribution in [3.8, 4) is 0 Å². The van der Waals surface area contributed by atoms with Crippen LogP contribution in [-0.4, -0.2) is 19.5 Å². The van der Waals surface area contributed by atoms with E-state index in [9.17, 15) is 0 Å². The van der Waals surface area contributed by atoms with Crippen LogP contribution in [0.15, 0.2) is 24.8 Å². The Balaban J connectivity index is 1.90. The zero-order chi connectivity index (χ0) is 13.0. The van der Waals surface area contributed by atoms with Gasteiger partial charge < -0.3 is 9.47 Å². The highest BCUT2D eigenvalue weighted by Gasteiger charge is 2.15. The summed E-state index contributed by atoms with van der Waals surface area (Å²) in [6.07, 6.45) is 2.46. The van der Waals surface area contributed by atoms with Gasteiger partial charge in [-0.15, -0.1) is 0 Å². The van der Waals surface area contributed by atoms with E-state index in [1.807, 2.05) is 12.1 Å². The number of halogens is 2. The van der Waals surface area contributed by atoms with Crippen LogP contribution in [0.3, 0.4) is 0 Å². The fourth-order valence-corrected chi connectivity index (χ4v) is 2.45. The molecule has 0 radical (unpaired) electrons. The molecule has 0 atom stereocenters. The molecule has 2 nitrogen and oxygen atoms in total. The molecule has 1 heterocycles. The molecule has 2 rings (SSSR count). The van der Waals surface area contributed by atoms with Crippen molar-refractivity contribution in [1.29, 1.82) is 0 Å². The Hall–Kier alpha value is -0.540. The molecule has 1 aromatic carbocycles. The fourth-order valence-electron chi connectivity index (χ4n) is 1.91. The van der Waals surface area contributed by atoms with Crippen molar-refractivity contribution in [1.82, 2.24) is 0 Å². The normalized spacial score (nSPS) is 16.8. The SMILES string of the molecule is C=C(CCC1OCCCO1)c1ccc(Cl)cc1Cl. The van der Waals surface area contributed by atoms with Gasteiger partial charge in [0.15, 0.2) is 6.29 Å². The molecular formula is C14H16Cl2O2. The van der Waals surface area contributed by atoms with E-state index in [0.717, 1.165) is 43.6 Å². The molecule has 0 amide bonds. The molecular weight excluding hydrogens is 271 g/mol. The number of hydrogen-bond donors (Lipinski definition) is 0. The maximum absolute atomic E-state index is 6.14. The van der Waals surface area contributed by atoms with Gasteiger partial charge in [-0.05, 0) is 36.1 Å². The van der Waals surface area contributed by atoms with E-state index in [1.54, 1.807) is 6.07 Å². The lowest BCUT2D eigenvalue weighted by molar-refractivity contribution is -0.180. The quantitative estimate of drug-likeness (QED) is 0.808. The van der Waals surface area contributed by atoms with E-state index in [-0.39, 0.29) is 6.29 Å². The van der Waals surface area contributed by atoms with E-state index < -0.39 is 0 Å². The predicted octanol–water partition coefficient (Wildman–Crippen LogP) is 4.55. The zero-order valence-electron chi connectivity index (χ0n) is 10.1. The summed E-state index contributed by atoms with van der Waals surface area (Å²) in [5, 5.41) is 1.27. The first-order chi connectivity index (χ1) is 8.66. The van der Waals surface area contributed by atoms with Gasteiger partial charge in [0.2, 0.25) is 0 Å². The second kappa shape index (κ2) is 6.58. The maximum Gasteiger partial charge on any atom is 0.157 e. The van der Waals surface area contributed by atoms with Crippen molar-refractivity contribution in [2.45, 2.75) is 25.6 Å². The Morgan fingerprint density at radius 1 is 1.28 bits per heavy atom. The summed E-state index contributed by atoms with van der Waals surface area (Å²) >= 11 is 12.0. The Bertz CT molecular complexity index is 426. The summed E-state index contributed by atoms with van der Waals surface area (Å²) in [5.41, 5.74) is 1.92. The molecule has 1 aliphatic heterocycles. The Morgan fingerprint density at radius 3 is 2.67 bits per heavy atom. The van der Waals surface area contributed by atoms with Gasteiger partial charge >= 0.3 is 0 Å². The minimum atomic E-state index is -0.110. The summed E-state index contributed by atoms with van der Waals surface area (Å²) in [4.78, 5) is 0. The molecule has 0 N–H and O–H groups in total. The molecule has 0 bridgehead atoms. The number of rotatable bonds is 4. The Morgan fingerprint density at radius 2 is 2.00 bits per heavy atom. The van der Waals surface area contributed by atoms with Gasteiger partial charge in [-0.2, -0.15) is 0 Å². The van der Waals surface area contributed by atoms with Crippen molar-refractivity contribution >= 4 is 28.8 Å². The third-order valence-electron chi connectivity index (χ3n) is 2.89. The second-order valence-corrected chi connectivity index (χ2v) is 5.13. The first kappa shape index (κ1) is 13.9. The monoisotopic (exact) mass is 286 g/mol. The number of hydrogen-bond acceptors (Lipinski definition) is 2. The molecule has 1 saturated heterocycles. The Kier molecular flexibility index (Phi) is 5.07. The number of allylic oxidation sites excluding steroid dienone is 1. The minimum Gasteiger partial charge on any atom is -0.353 e. The lowest BCUT2D eigenvalue weighted by atomic mass is 10.0. The first-order valence-electron chi connectivity index (χ1n) is 6.03. The lowest BCUT2D eigenvalue weighted by Crippen LogP contribution is -2.24. The Labute approximate surface area is 117 Å². The summed E-state index contributed by atoms with van der Waals surface area (Å²) in [5.74, 6) is 0. The van der Waals surface area contributed by atoms with Gasteiger partial charge in [0.05, 0.1) is 13.2 Å². The van der Waals surface area contributed by atoms with Crippen LogP contribution in [0.1, 0.15) is 24.8 Å². The molecule has 1 aliphatic rings. The number of ether oxygens (including phenoxy) is 2. The molecule has 1 fully saturated rings. The smallest absolute Gasteiger partial charge is 0.157 e. The fraction of sp³-hybridized carbons (Fsp3) is 0.429. The van der Waals surface area contributed by atoms with Crippen LogP contribution < -0.4 is 0 Å². The molecule has 0 unspecified atom stereocenters. The highest BCUT2D eigenvalue weighted by Crippen LogP contribution is 2.29. The van der Waals surface area contributed by atoms with E-state index in [2.05, 4.69) is 6.58 Å². The lowest BCUT2D eigenvalue weighted by Gasteiger charge is -2.23. The first-order valence-corrected chi connectivity index (χ1v) is 6.79. The molecule has 18 heavy (non-hydrogen) atoms. The second-order valence-electron chi connectivity index (χ2n) is 4.29. The molecule has 0 aromatic heterocycles. The molecule has 0 saturated carbocycles. The third-order valence-corrected chi connectivity index (χ3v) is 3.44. The van der Waals surface area contributed by atoms with Crippen LogP contribution in [0.5, 0.6) is 0 Å². The molecule has 0 spiro atoms. The summed E-state index contributed by atoms with van der Waals surface area (Å²) < 4.78 is 11.0. The van der Waals surface area contributed by atoms with Crippen LogP contribution >= 0.6 is 23.2 Å². The van der Waals surface area contributed by atoms with E-state index in [1.165, 1.54) is 0 Å². The van der Waals surface area contributed by atoms with Crippen molar-refractivity contribution in [3.05, 3.63) is 40.4 Å². The highest BCUT2D eigenvalue weighted by atomic mass is 35.5. The van der Waals surface area contributed by atoms with Crippen LogP contribution in [0.4, 0.5) is 0 Å². The van der Waals surface area contributed by atoms with Crippen LogP contribution in [0, 0.1) is 0 Å². The maximum atomic E-state index is 6.14. The summed E-state index contributed by atoms with van der Waals surface area (Å²) in [7, 11) is 0. The predicted molar refractivity (Wildman–Crippen MR) is 75.0 cm³/mol. The molecule has 98 valence electrons. The van der Waals surface area contributed by atoms with Crippen molar-refractivity contribution < 1.29 is 9.47 Å². The van der Waals surface area contributed by atoms with Crippen LogP contribution in [0.2, 0.25) is 10.0 Å². The van der Waals surface area contributed by atoms with E-state index in [0.29, 0.717) is 10.0 Å². The molecule has 0 aliphatic carbocycles. The largest absolute Gasteiger partial charge is 0.353 e. The number of benzene rings is 1. The van der Waals surface area contributed by atoms with Crippen molar-refractivity contribution in [3.63, 3.8) is 0 Å². The van der Waals surface area contributed by atoms with Crippen molar-refractivity contribution in [2.75, 3.05) is 13.2 Å². The summed E-state index contributed by atoms with van der Waals surface area (Å²) in [6, 6.07) is 5.45. The minimum absolute atomic E-state index is 0.110. The van der Waals surface area contributed by atoms with Crippen LogP contribution in [-0.2, 0) is 9.47 Å². The zero-order valence-corrected chi connectivity index (χ0v) is 11.6. The summed E-state index contributed by atoms with van der Waals surface area (Å²) in [6.45, 7) is 5.61. The van der Waals surface area contributed by atoms with Gasteiger partial charge in [-0.3, -0.25) is 0 Å². The van der Waals surface area contributed by atoms with Gasteiger partial charge in [0, 0.05) is 16.5 Å². The van der Waals surface area contributed by atoms with E-state index in [4.69, 9.17) is 32.7 Å². The van der Waals surface area contributed by atoms with Gasteiger partial charge in [0.1, 0.15) is 0 Å². The average Bonchev–Trinajstić information content (AvgIpc) is 2.37. The van der Waals surface area contributed by atoms with Gasteiger partial charge in [-0.1, -0.05) is 35.8 Å². The van der Waals surface area contributed by atoms with Crippen LogP contribution in [0.25, 0.3) is 5.57 Å². The van der Waals surface area contributed by atoms with Crippen molar-refractivity contribution in [2.24, 2.45) is 0 Å². The molecule has 4 heteroatoms. The van der Waals surface area contributed by atoms with Gasteiger partial charge in [0.25, 0.3) is 0 Å². The standard InChI is InChI=1S/C14H16Cl2O2/c1-10(3-6-14-17-7-2-8-18-14)12-5-4-11(15)9-13(12)16/h4-5,9,14H,1-3,6-8H2. The van der Waals surface area contributed by atoms with Gasteiger partial charge in [-0.25, -0.2) is 0 Å². The van der Waals surface area contributed by atoms with E-state index >= 15 is 0 Å². The molecule has 1 aromatic rings. The average molecular weight is 287 g/mol.